The molecule has 110 valence electrons. The van der Waals surface area contributed by atoms with Crippen LogP contribution >= 0.6 is 15.9 Å². The molecule has 0 aliphatic carbocycles. The fraction of sp³-hybridized carbons (Fsp3) is 0.214. The number of hydrogen-bond acceptors (Lipinski definition) is 5. The number of ether oxygens (including phenoxy) is 3. The molecule has 0 bridgehead atoms. The minimum Gasteiger partial charge on any atom is -0.465 e. The number of H-pyrrole nitrogens is 1. The molecule has 2 rings (SSSR count). The molecular weight excluding hydrogens is 340 g/mol. The first-order valence-corrected chi connectivity index (χ1v) is 6.85. The molecule has 6 nitrogen and oxygen atoms in total. The Balaban J connectivity index is 2.25. The number of aromatic nitrogens is 2. The molecule has 1 unspecified atom stereocenters. The number of nitrogens with zero attached hydrogens (tertiary/aromatic N) is 1. The second-order valence-corrected chi connectivity index (χ2v) is 4.94. The van der Waals surface area contributed by atoms with Crippen molar-refractivity contribution in [1.82, 2.24) is 4.98 Å². The highest BCUT2D eigenvalue weighted by Gasteiger charge is 2.21. The van der Waals surface area contributed by atoms with Gasteiger partial charge in [0, 0.05) is 9.46 Å². The molecule has 21 heavy (non-hydrogen) atoms. The van der Waals surface area contributed by atoms with Gasteiger partial charge in [-0.2, -0.15) is 4.98 Å². The highest BCUT2D eigenvalue weighted by atomic mass is 79.9. The summed E-state index contributed by atoms with van der Waals surface area (Å²) in [5.74, 6) is 0.735. The van der Waals surface area contributed by atoms with Crippen molar-refractivity contribution in [1.29, 1.82) is 0 Å². The zero-order chi connectivity index (χ0) is 15.2. The maximum absolute atomic E-state index is 11.3. The van der Waals surface area contributed by atoms with Crippen molar-refractivity contribution in [3.63, 3.8) is 0 Å². The van der Waals surface area contributed by atoms with Crippen LogP contribution in [0.25, 0.3) is 0 Å². The standard InChI is InChI=1S/C14H13BrN2O4/c1-19-12-7-13(20-2)17-14(16-12)21-11(8-18)9-3-5-10(15)6-4-9/h3-8,11H,1-2H3/p+1. The van der Waals surface area contributed by atoms with Gasteiger partial charge in [0.1, 0.15) is 6.07 Å². The van der Waals surface area contributed by atoms with Crippen LogP contribution in [0.15, 0.2) is 34.8 Å². The molecule has 0 fully saturated rings. The number of aldehydes is 1. The summed E-state index contributed by atoms with van der Waals surface area (Å²) in [6, 6.07) is 8.95. The second kappa shape index (κ2) is 7.03. The van der Waals surface area contributed by atoms with Gasteiger partial charge in [-0.05, 0) is 17.7 Å². The lowest BCUT2D eigenvalue weighted by Gasteiger charge is -2.09. The molecule has 2 aromatic rings. The van der Waals surface area contributed by atoms with Crippen LogP contribution in [0, 0.1) is 0 Å². The molecule has 0 aliphatic heterocycles. The van der Waals surface area contributed by atoms with Crippen LogP contribution < -0.4 is 19.2 Å². The molecule has 1 aromatic carbocycles. The third kappa shape index (κ3) is 3.91. The van der Waals surface area contributed by atoms with Gasteiger partial charge in [-0.3, -0.25) is 4.79 Å². The molecule has 1 aromatic heterocycles. The van der Waals surface area contributed by atoms with E-state index in [9.17, 15) is 4.79 Å². The van der Waals surface area contributed by atoms with E-state index in [2.05, 4.69) is 25.9 Å². The average molecular weight is 354 g/mol. The van der Waals surface area contributed by atoms with Crippen LogP contribution in [0.3, 0.4) is 0 Å². The molecule has 0 saturated carbocycles. The van der Waals surface area contributed by atoms with Crippen molar-refractivity contribution in [3.8, 4) is 17.8 Å². The molecule has 1 N–H and O–H groups in total. The highest BCUT2D eigenvalue weighted by Crippen LogP contribution is 2.21. The zero-order valence-corrected chi connectivity index (χ0v) is 13.1. The van der Waals surface area contributed by atoms with Crippen molar-refractivity contribution in [2.24, 2.45) is 0 Å². The Morgan fingerprint density at radius 2 is 1.95 bits per heavy atom. The number of hydrogen-bond donors (Lipinski definition) is 0. The van der Waals surface area contributed by atoms with Gasteiger partial charge in [-0.15, -0.1) is 0 Å². The largest absolute Gasteiger partial charge is 0.503 e. The summed E-state index contributed by atoms with van der Waals surface area (Å²) in [4.78, 5) is 18.2. The fourth-order valence-corrected chi connectivity index (χ4v) is 1.90. The van der Waals surface area contributed by atoms with E-state index in [4.69, 9.17) is 14.2 Å². The summed E-state index contributed by atoms with van der Waals surface area (Å²) in [6.07, 6.45) is -0.0799. The summed E-state index contributed by atoms with van der Waals surface area (Å²) in [6.45, 7) is 0. The van der Waals surface area contributed by atoms with Crippen molar-refractivity contribution in [2.75, 3.05) is 14.2 Å². The molecule has 0 aliphatic rings. The molecular formula is C14H14BrN2O4+. The van der Waals surface area contributed by atoms with Crippen molar-refractivity contribution in [3.05, 3.63) is 40.4 Å². The van der Waals surface area contributed by atoms with Gasteiger partial charge in [-0.25, -0.2) is 0 Å². The number of aromatic amines is 1. The van der Waals surface area contributed by atoms with E-state index in [0.717, 1.165) is 4.47 Å². The predicted molar refractivity (Wildman–Crippen MR) is 77.5 cm³/mol. The topological polar surface area (TPSA) is 71.8 Å². The summed E-state index contributed by atoms with van der Waals surface area (Å²) in [5, 5.41) is 0. The van der Waals surface area contributed by atoms with Crippen LogP contribution in [0.1, 0.15) is 11.7 Å². The Bertz CT molecular complexity index is 597. The van der Waals surface area contributed by atoms with Gasteiger partial charge < -0.3 is 14.2 Å². The number of nitrogens with one attached hydrogen (secondary N) is 1. The van der Waals surface area contributed by atoms with Crippen molar-refractivity contribution >= 4 is 22.2 Å². The minimum atomic E-state index is -0.779. The lowest BCUT2D eigenvalue weighted by atomic mass is 10.1. The Kier molecular flexibility index (Phi) is 5.10. The Labute approximate surface area is 130 Å². The summed E-state index contributed by atoms with van der Waals surface area (Å²) in [5.41, 5.74) is 0.713. The first-order valence-electron chi connectivity index (χ1n) is 6.06. The number of halogens is 1. The van der Waals surface area contributed by atoms with E-state index >= 15 is 0 Å². The van der Waals surface area contributed by atoms with Gasteiger partial charge in [-0.1, -0.05) is 28.1 Å². The van der Waals surface area contributed by atoms with Gasteiger partial charge >= 0.3 is 11.9 Å². The molecule has 1 heterocycles. The monoisotopic (exact) mass is 353 g/mol. The van der Waals surface area contributed by atoms with Crippen molar-refractivity contribution < 1.29 is 24.0 Å². The van der Waals surface area contributed by atoms with Gasteiger partial charge in [0.05, 0.1) is 14.2 Å². The van der Waals surface area contributed by atoms with Gasteiger partial charge in [0.2, 0.25) is 0 Å². The fourth-order valence-electron chi connectivity index (χ4n) is 1.63. The van der Waals surface area contributed by atoms with Crippen LogP contribution in [-0.2, 0) is 4.79 Å². The molecule has 0 radical (unpaired) electrons. The number of carbonyl (C=O) groups excluding carboxylic acids is 1. The summed E-state index contributed by atoms with van der Waals surface area (Å²) < 4.78 is 16.6. The lowest BCUT2D eigenvalue weighted by Crippen LogP contribution is -2.19. The van der Waals surface area contributed by atoms with Gasteiger partial charge in [0.25, 0.3) is 5.88 Å². The SMILES string of the molecule is COc1cc(OC)[nH+]c(OC(C=O)c2ccc(Br)cc2)n1. The van der Waals surface area contributed by atoms with Crippen LogP contribution in [0.5, 0.6) is 17.8 Å². The van der Waals surface area contributed by atoms with Gasteiger partial charge in [0.15, 0.2) is 12.4 Å². The zero-order valence-electron chi connectivity index (χ0n) is 11.5. The second-order valence-electron chi connectivity index (χ2n) is 4.02. The predicted octanol–water partition coefficient (Wildman–Crippen LogP) is 1.99. The van der Waals surface area contributed by atoms with Crippen LogP contribution in [-0.4, -0.2) is 25.5 Å². The van der Waals surface area contributed by atoms with Crippen LogP contribution in [0.4, 0.5) is 0 Å². The molecule has 0 spiro atoms. The summed E-state index contributed by atoms with van der Waals surface area (Å²) >= 11 is 3.34. The Hall–Kier alpha value is -2.15. The summed E-state index contributed by atoms with van der Waals surface area (Å²) in [7, 11) is 2.98. The highest BCUT2D eigenvalue weighted by molar-refractivity contribution is 9.10. The van der Waals surface area contributed by atoms with Crippen molar-refractivity contribution in [2.45, 2.75) is 6.10 Å². The Morgan fingerprint density at radius 1 is 1.24 bits per heavy atom. The third-order valence-corrected chi connectivity index (χ3v) is 3.21. The van der Waals surface area contributed by atoms with E-state index in [0.29, 0.717) is 23.6 Å². The lowest BCUT2D eigenvalue weighted by molar-refractivity contribution is -0.414. The Morgan fingerprint density at radius 3 is 2.52 bits per heavy atom. The molecule has 0 saturated heterocycles. The van der Waals surface area contributed by atoms with E-state index in [1.165, 1.54) is 14.2 Å². The molecule has 7 heteroatoms. The normalized spacial score (nSPS) is 11.6. The number of benzene rings is 1. The minimum absolute atomic E-state index is 0.131. The van der Waals surface area contributed by atoms with E-state index in [-0.39, 0.29) is 6.01 Å². The van der Waals surface area contributed by atoms with E-state index in [1.807, 2.05) is 12.1 Å². The number of rotatable bonds is 6. The maximum Gasteiger partial charge on any atom is 0.503 e. The maximum atomic E-state index is 11.3. The molecule has 0 amide bonds. The molecule has 1 atom stereocenters. The first-order chi connectivity index (χ1) is 10.2. The number of methoxy groups -OCH3 is 2. The number of carbonyl (C=O) groups is 1. The third-order valence-electron chi connectivity index (χ3n) is 2.69. The first kappa shape index (κ1) is 15.2. The average Bonchev–Trinajstić information content (AvgIpc) is 2.53. The smallest absolute Gasteiger partial charge is 0.465 e. The van der Waals surface area contributed by atoms with E-state index in [1.54, 1.807) is 18.2 Å². The van der Waals surface area contributed by atoms with Crippen LogP contribution in [0.2, 0.25) is 0 Å². The van der Waals surface area contributed by atoms with E-state index < -0.39 is 6.10 Å². The quantitative estimate of drug-likeness (QED) is 0.742.